The topological polar surface area (TPSA) is 50.3 Å². The van der Waals surface area contributed by atoms with E-state index in [4.69, 9.17) is 4.74 Å². The first-order valence-corrected chi connectivity index (χ1v) is 9.24. The van der Waals surface area contributed by atoms with E-state index in [-0.39, 0.29) is 23.7 Å². The Balaban J connectivity index is 1.63. The maximum atomic E-state index is 13.5. The molecule has 164 valence electrons. The van der Waals surface area contributed by atoms with Crippen molar-refractivity contribution < 1.29 is 31.1 Å². The first-order valence-electron chi connectivity index (χ1n) is 9.24. The summed E-state index contributed by atoms with van der Waals surface area (Å²) in [5.74, 6) is -3.92. The maximum absolute atomic E-state index is 13.5. The van der Waals surface area contributed by atoms with Crippen LogP contribution in [0.2, 0.25) is 0 Å². The van der Waals surface area contributed by atoms with E-state index in [2.05, 4.69) is 15.5 Å². The molecule has 0 amide bonds. The SMILES string of the molecule is COc1cc(C(F)(F)F)nnc1NC1CCN(C(C)c2cc(F)c(F)c(F)c2)CC1. The number of aromatic nitrogens is 2. The monoisotopic (exact) mass is 434 g/mol. The molecule has 1 aliphatic heterocycles. The average molecular weight is 434 g/mol. The van der Waals surface area contributed by atoms with Gasteiger partial charge in [0, 0.05) is 31.2 Å². The third-order valence-corrected chi connectivity index (χ3v) is 5.18. The number of nitrogens with one attached hydrogen (secondary N) is 1. The molecule has 0 saturated carbocycles. The Kier molecular flexibility index (Phi) is 6.39. The normalized spacial score (nSPS) is 17.1. The van der Waals surface area contributed by atoms with Crippen molar-refractivity contribution >= 4 is 5.82 Å². The minimum absolute atomic E-state index is 0.0645. The lowest BCUT2D eigenvalue weighted by molar-refractivity contribution is -0.141. The lowest BCUT2D eigenvalue weighted by atomic mass is 10.00. The zero-order valence-corrected chi connectivity index (χ0v) is 16.2. The van der Waals surface area contributed by atoms with E-state index in [1.165, 1.54) is 7.11 Å². The summed E-state index contributed by atoms with van der Waals surface area (Å²) in [7, 11) is 1.24. The molecule has 1 aromatic heterocycles. The number of alkyl halides is 3. The van der Waals surface area contributed by atoms with Gasteiger partial charge in [0.05, 0.1) is 7.11 Å². The minimum Gasteiger partial charge on any atom is -0.493 e. The van der Waals surface area contributed by atoms with E-state index in [1.54, 1.807) is 6.92 Å². The highest BCUT2D eigenvalue weighted by atomic mass is 19.4. The Labute approximate surface area is 169 Å². The Hall–Kier alpha value is -2.56. The van der Waals surface area contributed by atoms with Gasteiger partial charge in [-0.3, -0.25) is 4.90 Å². The molecule has 0 spiro atoms. The molecule has 2 aromatic rings. The van der Waals surface area contributed by atoms with Crippen LogP contribution in [0.3, 0.4) is 0 Å². The molecule has 1 fully saturated rings. The summed E-state index contributed by atoms with van der Waals surface area (Å²) in [5.41, 5.74) is -0.819. The fraction of sp³-hybridized carbons (Fsp3) is 0.474. The molecule has 1 atom stereocenters. The number of ether oxygens (including phenoxy) is 1. The molecular weight excluding hydrogens is 414 g/mol. The third-order valence-electron chi connectivity index (χ3n) is 5.18. The van der Waals surface area contributed by atoms with E-state index in [0.29, 0.717) is 31.5 Å². The molecule has 3 rings (SSSR count). The van der Waals surface area contributed by atoms with Crippen LogP contribution in [-0.2, 0) is 6.18 Å². The molecule has 30 heavy (non-hydrogen) atoms. The first-order chi connectivity index (χ1) is 14.1. The molecule has 1 aromatic carbocycles. The molecule has 1 N–H and O–H groups in total. The van der Waals surface area contributed by atoms with Gasteiger partial charge in [0.15, 0.2) is 34.7 Å². The number of nitrogens with zero attached hydrogens (tertiary/aromatic N) is 3. The van der Waals surface area contributed by atoms with Gasteiger partial charge in [0.25, 0.3) is 0 Å². The van der Waals surface area contributed by atoms with Crippen molar-refractivity contribution in [2.24, 2.45) is 0 Å². The van der Waals surface area contributed by atoms with E-state index in [9.17, 15) is 26.3 Å². The number of piperidine rings is 1. The average Bonchev–Trinajstić information content (AvgIpc) is 2.71. The van der Waals surface area contributed by atoms with Crippen molar-refractivity contribution in [2.45, 2.75) is 38.0 Å². The Morgan fingerprint density at radius 2 is 1.67 bits per heavy atom. The van der Waals surface area contributed by atoms with Crippen LogP contribution in [0.4, 0.5) is 32.2 Å². The number of methoxy groups -OCH3 is 1. The van der Waals surface area contributed by atoms with Crippen LogP contribution in [-0.4, -0.2) is 41.3 Å². The van der Waals surface area contributed by atoms with Crippen molar-refractivity contribution in [3.05, 3.63) is 46.9 Å². The molecule has 11 heteroatoms. The van der Waals surface area contributed by atoms with Gasteiger partial charge >= 0.3 is 6.18 Å². The van der Waals surface area contributed by atoms with Crippen LogP contribution < -0.4 is 10.1 Å². The second-order valence-electron chi connectivity index (χ2n) is 7.07. The Morgan fingerprint density at radius 3 is 2.20 bits per heavy atom. The number of likely N-dealkylation sites (tertiary alicyclic amines) is 1. The maximum Gasteiger partial charge on any atom is 0.435 e. The second-order valence-corrected chi connectivity index (χ2v) is 7.07. The summed E-state index contributed by atoms with van der Waals surface area (Å²) >= 11 is 0. The predicted octanol–water partition coefficient (Wildman–Crippen LogP) is 4.56. The van der Waals surface area contributed by atoms with Gasteiger partial charge < -0.3 is 10.1 Å². The smallest absolute Gasteiger partial charge is 0.435 e. The van der Waals surface area contributed by atoms with Crippen LogP contribution in [0.15, 0.2) is 18.2 Å². The van der Waals surface area contributed by atoms with E-state index in [0.717, 1.165) is 18.2 Å². The highest BCUT2D eigenvalue weighted by Gasteiger charge is 2.34. The standard InChI is InChI=1S/C19H20F6N4O/c1-10(11-7-13(20)17(22)14(21)8-11)29-5-3-12(4-6-29)26-18-15(30-2)9-16(27-28-18)19(23,24)25/h7-10,12H,3-6H2,1-2H3,(H,26,28). The molecule has 0 bridgehead atoms. The van der Waals surface area contributed by atoms with Crippen LogP contribution in [0, 0.1) is 17.5 Å². The number of halogens is 6. The molecule has 1 saturated heterocycles. The van der Waals surface area contributed by atoms with Crippen molar-refractivity contribution in [2.75, 3.05) is 25.5 Å². The summed E-state index contributed by atoms with van der Waals surface area (Å²) in [5, 5.41) is 9.84. The fourth-order valence-electron chi connectivity index (χ4n) is 3.42. The van der Waals surface area contributed by atoms with E-state index >= 15 is 0 Å². The summed E-state index contributed by atoms with van der Waals surface area (Å²) in [6.07, 6.45) is -3.43. The van der Waals surface area contributed by atoms with Crippen LogP contribution in [0.5, 0.6) is 5.75 Å². The molecule has 2 heterocycles. The largest absolute Gasteiger partial charge is 0.493 e. The lowest BCUT2D eigenvalue weighted by Crippen LogP contribution is -2.40. The number of rotatable bonds is 5. The molecular formula is C19H20F6N4O. The van der Waals surface area contributed by atoms with Gasteiger partial charge in [0.2, 0.25) is 0 Å². The number of anilines is 1. The summed E-state index contributed by atoms with van der Waals surface area (Å²) < 4.78 is 83.5. The van der Waals surface area contributed by atoms with Crippen LogP contribution in [0.25, 0.3) is 0 Å². The van der Waals surface area contributed by atoms with Crippen molar-refractivity contribution in [1.29, 1.82) is 0 Å². The van der Waals surface area contributed by atoms with Gasteiger partial charge in [-0.2, -0.15) is 13.2 Å². The zero-order chi connectivity index (χ0) is 22.1. The highest BCUT2D eigenvalue weighted by Crippen LogP contribution is 2.33. The van der Waals surface area contributed by atoms with Crippen molar-refractivity contribution in [3.8, 4) is 5.75 Å². The number of hydrogen-bond acceptors (Lipinski definition) is 5. The predicted molar refractivity (Wildman–Crippen MR) is 96.5 cm³/mol. The van der Waals surface area contributed by atoms with Gasteiger partial charge in [0.1, 0.15) is 0 Å². The molecule has 5 nitrogen and oxygen atoms in total. The Morgan fingerprint density at radius 1 is 1.07 bits per heavy atom. The summed E-state index contributed by atoms with van der Waals surface area (Å²) in [6, 6.07) is 2.31. The minimum atomic E-state index is -4.63. The quantitative estimate of drug-likeness (QED) is 0.553. The highest BCUT2D eigenvalue weighted by molar-refractivity contribution is 5.50. The zero-order valence-electron chi connectivity index (χ0n) is 16.2. The van der Waals surface area contributed by atoms with Crippen LogP contribution in [0.1, 0.15) is 37.1 Å². The van der Waals surface area contributed by atoms with Crippen molar-refractivity contribution in [3.63, 3.8) is 0 Å². The van der Waals surface area contributed by atoms with Crippen LogP contribution >= 0.6 is 0 Å². The van der Waals surface area contributed by atoms with Crippen molar-refractivity contribution in [1.82, 2.24) is 15.1 Å². The van der Waals surface area contributed by atoms with E-state index in [1.807, 2.05) is 4.90 Å². The number of hydrogen-bond donors (Lipinski definition) is 1. The van der Waals surface area contributed by atoms with Gasteiger partial charge in [-0.25, -0.2) is 13.2 Å². The molecule has 1 aliphatic rings. The molecule has 0 radical (unpaired) electrons. The molecule has 1 unspecified atom stereocenters. The molecule has 0 aliphatic carbocycles. The van der Waals surface area contributed by atoms with Gasteiger partial charge in [-0.15, -0.1) is 10.2 Å². The van der Waals surface area contributed by atoms with Gasteiger partial charge in [-0.1, -0.05) is 0 Å². The summed E-state index contributed by atoms with van der Waals surface area (Å²) in [4.78, 5) is 1.99. The Bertz CT molecular complexity index is 876. The van der Waals surface area contributed by atoms with E-state index < -0.39 is 29.3 Å². The number of benzene rings is 1. The second kappa shape index (κ2) is 8.66. The summed E-state index contributed by atoms with van der Waals surface area (Å²) in [6.45, 7) is 2.87. The third kappa shape index (κ3) is 4.77. The van der Waals surface area contributed by atoms with Gasteiger partial charge in [-0.05, 0) is 37.5 Å². The first kappa shape index (κ1) is 22.1. The lowest BCUT2D eigenvalue weighted by Gasteiger charge is -2.36. The fourth-order valence-corrected chi connectivity index (χ4v) is 3.42.